The van der Waals surface area contributed by atoms with Crippen molar-refractivity contribution in [2.24, 2.45) is 0 Å². The van der Waals surface area contributed by atoms with Crippen LogP contribution < -0.4 is 0 Å². The summed E-state index contributed by atoms with van der Waals surface area (Å²) in [6.07, 6.45) is -0.164. The van der Waals surface area contributed by atoms with E-state index in [4.69, 9.17) is 5.11 Å². The number of halogens is 1. The molecule has 2 aromatic rings. The van der Waals surface area contributed by atoms with Gasteiger partial charge >= 0.3 is 5.97 Å². The molecule has 0 aromatic heterocycles. The summed E-state index contributed by atoms with van der Waals surface area (Å²) in [7, 11) is 0. The molecule has 25 heavy (non-hydrogen) atoms. The van der Waals surface area contributed by atoms with Crippen LogP contribution in [-0.4, -0.2) is 28.4 Å². The van der Waals surface area contributed by atoms with Crippen LogP contribution in [0.5, 0.6) is 0 Å². The van der Waals surface area contributed by atoms with Crippen LogP contribution in [-0.2, 0) is 22.6 Å². The lowest BCUT2D eigenvalue weighted by Gasteiger charge is -2.21. The van der Waals surface area contributed by atoms with Crippen LogP contribution in [0, 0.1) is 12.7 Å². The number of nitrogens with zero attached hydrogens (tertiary/aromatic N) is 1. The van der Waals surface area contributed by atoms with Crippen molar-refractivity contribution in [1.29, 1.82) is 0 Å². The zero-order valence-electron chi connectivity index (χ0n) is 14.7. The first-order chi connectivity index (χ1) is 11.8. The molecule has 0 aliphatic carbocycles. The fourth-order valence-electron chi connectivity index (χ4n) is 2.83. The number of hydrogen-bond donors (Lipinski definition) is 1. The molecular weight excluding hydrogens is 321 g/mol. The van der Waals surface area contributed by atoms with Crippen LogP contribution in [0.25, 0.3) is 11.1 Å². The van der Waals surface area contributed by atoms with Crippen LogP contribution in [0.2, 0.25) is 0 Å². The number of carboxylic acids is 1. The lowest BCUT2D eigenvalue weighted by Crippen LogP contribution is -2.28. The normalized spacial score (nSPS) is 10.6. The lowest BCUT2D eigenvalue weighted by atomic mass is 9.95. The van der Waals surface area contributed by atoms with E-state index >= 15 is 0 Å². The van der Waals surface area contributed by atoms with Gasteiger partial charge in [-0.05, 0) is 42.7 Å². The van der Waals surface area contributed by atoms with Gasteiger partial charge in [0.25, 0.3) is 0 Å². The third-order valence-corrected chi connectivity index (χ3v) is 4.13. The van der Waals surface area contributed by atoms with Crippen molar-refractivity contribution < 1.29 is 19.1 Å². The molecular formula is C20H22FNO3. The van der Waals surface area contributed by atoms with Crippen molar-refractivity contribution in [3.05, 3.63) is 58.9 Å². The van der Waals surface area contributed by atoms with Crippen molar-refractivity contribution in [1.82, 2.24) is 4.90 Å². The van der Waals surface area contributed by atoms with Gasteiger partial charge in [-0.1, -0.05) is 29.8 Å². The van der Waals surface area contributed by atoms with Gasteiger partial charge in [-0.15, -0.1) is 0 Å². The highest BCUT2D eigenvalue weighted by Gasteiger charge is 2.15. The number of aliphatic carboxylic acids is 1. The zero-order chi connectivity index (χ0) is 18.6. The fraction of sp³-hybridized carbons (Fsp3) is 0.300. The number of aryl methyl sites for hydroxylation is 1. The second-order valence-corrected chi connectivity index (χ2v) is 6.08. The van der Waals surface area contributed by atoms with Crippen LogP contribution in [0.15, 0.2) is 36.4 Å². The van der Waals surface area contributed by atoms with Crippen molar-refractivity contribution in [2.45, 2.75) is 33.7 Å². The maximum Gasteiger partial charge on any atom is 0.307 e. The Balaban J connectivity index is 2.52. The van der Waals surface area contributed by atoms with Crippen molar-refractivity contribution in [3.63, 3.8) is 0 Å². The molecule has 0 aliphatic heterocycles. The summed E-state index contributed by atoms with van der Waals surface area (Å²) in [5.41, 5.74) is 3.42. The van der Waals surface area contributed by atoms with E-state index in [2.05, 4.69) is 0 Å². The van der Waals surface area contributed by atoms with Gasteiger partial charge in [0.1, 0.15) is 5.82 Å². The van der Waals surface area contributed by atoms with Gasteiger partial charge in [-0.2, -0.15) is 0 Å². The van der Waals surface area contributed by atoms with E-state index in [1.165, 1.54) is 19.1 Å². The van der Waals surface area contributed by atoms with Gasteiger partial charge in [0.2, 0.25) is 5.91 Å². The Morgan fingerprint density at radius 2 is 1.84 bits per heavy atom. The van der Waals surface area contributed by atoms with Crippen LogP contribution in [0.1, 0.15) is 30.5 Å². The summed E-state index contributed by atoms with van der Waals surface area (Å²) in [5.74, 6) is -1.42. The molecule has 0 radical (unpaired) electrons. The molecule has 0 atom stereocenters. The standard InChI is InChI=1S/C20H22FNO3/c1-4-22(14(3)23)12-16-9-13(2)5-7-17(16)18-10-15(11-20(24)25)6-8-19(18)21/h5-10H,4,11-12H2,1-3H3,(H,24,25). The van der Waals surface area contributed by atoms with E-state index in [9.17, 15) is 14.0 Å². The second-order valence-electron chi connectivity index (χ2n) is 6.08. The lowest BCUT2D eigenvalue weighted by molar-refractivity contribution is -0.136. The maximum atomic E-state index is 14.4. The average Bonchev–Trinajstić information content (AvgIpc) is 2.54. The van der Waals surface area contributed by atoms with Crippen molar-refractivity contribution in [3.8, 4) is 11.1 Å². The predicted molar refractivity (Wildman–Crippen MR) is 94.7 cm³/mol. The second kappa shape index (κ2) is 7.92. The largest absolute Gasteiger partial charge is 0.481 e. The van der Waals surface area contributed by atoms with Gasteiger partial charge in [0, 0.05) is 25.6 Å². The molecule has 4 nitrogen and oxygen atoms in total. The number of hydrogen-bond acceptors (Lipinski definition) is 2. The van der Waals surface area contributed by atoms with Gasteiger partial charge in [-0.3, -0.25) is 9.59 Å². The van der Waals surface area contributed by atoms with Crippen molar-refractivity contribution in [2.75, 3.05) is 6.54 Å². The molecule has 0 spiro atoms. The Labute approximate surface area is 146 Å². The van der Waals surface area contributed by atoms with E-state index in [1.807, 2.05) is 32.0 Å². The van der Waals surface area contributed by atoms with Crippen LogP contribution in [0.4, 0.5) is 4.39 Å². The Bertz CT molecular complexity index is 802. The molecule has 5 heteroatoms. The number of carboxylic acid groups (broad SMARTS) is 1. The van der Waals surface area contributed by atoms with Gasteiger partial charge < -0.3 is 10.0 Å². The Morgan fingerprint density at radius 1 is 1.12 bits per heavy atom. The Hall–Kier alpha value is -2.69. The van der Waals surface area contributed by atoms with Crippen LogP contribution in [0.3, 0.4) is 0 Å². The van der Waals surface area contributed by atoms with Gasteiger partial charge in [0.05, 0.1) is 6.42 Å². The molecule has 1 amide bonds. The van der Waals surface area contributed by atoms with E-state index in [0.717, 1.165) is 11.1 Å². The van der Waals surface area contributed by atoms with Gasteiger partial charge in [0.15, 0.2) is 0 Å². The first-order valence-corrected chi connectivity index (χ1v) is 8.17. The van der Waals surface area contributed by atoms with Crippen molar-refractivity contribution >= 4 is 11.9 Å². The number of benzene rings is 2. The molecule has 0 bridgehead atoms. The number of amides is 1. The molecule has 2 rings (SSSR count). The Morgan fingerprint density at radius 3 is 2.44 bits per heavy atom. The summed E-state index contributed by atoms with van der Waals surface area (Å²) in [6.45, 7) is 6.28. The van der Waals surface area contributed by atoms with Crippen LogP contribution >= 0.6 is 0 Å². The SMILES string of the molecule is CCN(Cc1cc(C)ccc1-c1cc(CC(=O)O)ccc1F)C(C)=O. The molecule has 0 aliphatic rings. The molecule has 0 unspecified atom stereocenters. The average molecular weight is 343 g/mol. The molecule has 0 saturated carbocycles. The number of carbonyl (C=O) groups is 2. The van der Waals surface area contributed by atoms with E-state index in [0.29, 0.717) is 29.8 Å². The topological polar surface area (TPSA) is 57.6 Å². The van der Waals surface area contributed by atoms with E-state index < -0.39 is 11.8 Å². The van der Waals surface area contributed by atoms with E-state index in [-0.39, 0.29) is 12.3 Å². The minimum atomic E-state index is -0.963. The third kappa shape index (κ3) is 4.66. The minimum Gasteiger partial charge on any atom is -0.481 e. The van der Waals surface area contributed by atoms with Gasteiger partial charge in [-0.25, -0.2) is 4.39 Å². The highest BCUT2D eigenvalue weighted by Crippen LogP contribution is 2.29. The first-order valence-electron chi connectivity index (χ1n) is 8.17. The summed E-state index contributed by atoms with van der Waals surface area (Å²) in [6, 6.07) is 9.98. The third-order valence-electron chi connectivity index (χ3n) is 4.13. The zero-order valence-corrected chi connectivity index (χ0v) is 14.7. The molecule has 1 N–H and O–H groups in total. The maximum absolute atomic E-state index is 14.4. The number of rotatable bonds is 6. The smallest absolute Gasteiger partial charge is 0.307 e. The summed E-state index contributed by atoms with van der Waals surface area (Å²) < 4.78 is 14.4. The summed E-state index contributed by atoms with van der Waals surface area (Å²) >= 11 is 0. The molecule has 0 fully saturated rings. The summed E-state index contributed by atoms with van der Waals surface area (Å²) in [5, 5.41) is 8.96. The molecule has 2 aromatic carbocycles. The first kappa shape index (κ1) is 18.6. The predicted octanol–water partition coefficient (Wildman–Crippen LogP) is 3.80. The monoisotopic (exact) mass is 343 g/mol. The highest BCUT2D eigenvalue weighted by molar-refractivity contribution is 5.75. The summed E-state index contributed by atoms with van der Waals surface area (Å²) in [4.78, 5) is 24.4. The molecule has 0 heterocycles. The fourth-order valence-corrected chi connectivity index (χ4v) is 2.83. The quantitative estimate of drug-likeness (QED) is 0.868. The minimum absolute atomic E-state index is 0.0462. The number of carbonyl (C=O) groups excluding carboxylic acids is 1. The molecule has 0 saturated heterocycles. The highest BCUT2D eigenvalue weighted by atomic mass is 19.1. The Kier molecular flexibility index (Phi) is 5.91. The van der Waals surface area contributed by atoms with E-state index in [1.54, 1.807) is 11.0 Å². The molecule has 132 valence electrons.